The average molecular weight is 467 g/mol. The summed E-state index contributed by atoms with van der Waals surface area (Å²) < 4.78 is 38.7. The molecule has 35 heavy (non-hydrogen) atoms. The molecule has 0 radical (unpaired) electrons. The summed E-state index contributed by atoms with van der Waals surface area (Å²) in [5, 5.41) is 4.41. The Bertz CT molecular complexity index is 1670. The van der Waals surface area contributed by atoms with Gasteiger partial charge in [0.15, 0.2) is 0 Å². The fourth-order valence-electron chi connectivity index (χ4n) is 4.64. The molecule has 0 fully saturated rings. The molecule has 1 heterocycles. The van der Waals surface area contributed by atoms with E-state index in [1.807, 2.05) is 24.3 Å². The van der Waals surface area contributed by atoms with Gasteiger partial charge in [-0.15, -0.1) is 0 Å². The number of halogens is 3. The van der Waals surface area contributed by atoms with E-state index >= 15 is 0 Å². The van der Waals surface area contributed by atoms with Crippen molar-refractivity contribution in [3.8, 4) is 11.1 Å². The summed E-state index contributed by atoms with van der Waals surface area (Å²) in [6, 6.07) is 27.3. The van der Waals surface area contributed by atoms with E-state index in [1.165, 1.54) is 0 Å². The number of carbonyl (C=O) groups is 2. The zero-order valence-electron chi connectivity index (χ0n) is 18.1. The van der Waals surface area contributed by atoms with Crippen molar-refractivity contribution in [2.75, 3.05) is 4.90 Å². The first kappa shape index (κ1) is 21.1. The third kappa shape index (κ3) is 3.37. The Morgan fingerprint density at radius 2 is 1.17 bits per heavy atom. The maximum atomic E-state index is 13.1. The summed E-state index contributed by atoms with van der Waals surface area (Å²) in [5.74, 6) is -1.11. The molecule has 0 atom stereocenters. The average Bonchev–Trinajstić information content (AvgIpc) is 3.12. The van der Waals surface area contributed by atoms with Crippen LogP contribution in [0, 0.1) is 0 Å². The van der Waals surface area contributed by atoms with E-state index < -0.39 is 23.6 Å². The van der Waals surface area contributed by atoms with Gasteiger partial charge in [-0.1, -0.05) is 54.6 Å². The van der Waals surface area contributed by atoms with Crippen LogP contribution in [0.3, 0.4) is 0 Å². The highest BCUT2D eigenvalue weighted by Gasteiger charge is 2.37. The van der Waals surface area contributed by atoms with Crippen LogP contribution >= 0.6 is 0 Å². The number of nitrogens with zero attached hydrogens (tertiary/aromatic N) is 1. The highest BCUT2D eigenvalue weighted by atomic mass is 19.4. The molecular formula is C29H16F3NO2. The smallest absolute Gasteiger partial charge is 0.268 e. The van der Waals surface area contributed by atoms with Crippen molar-refractivity contribution in [2.24, 2.45) is 0 Å². The number of amides is 2. The first-order valence-corrected chi connectivity index (χ1v) is 10.9. The minimum Gasteiger partial charge on any atom is -0.268 e. The van der Waals surface area contributed by atoms with Crippen LogP contribution in [-0.4, -0.2) is 11.8 Å². The van der Waals surface area contributed by atoms with Gasteiger partial charge in [-0.3, -0.25) is 9.59 Å². The molecule has 3 nitrogen and oxygen atoms in total. The largest absolute Gasteiger partial charge is 0.416 e. The third-order valence-electron chi connectivity index (χ3n) is 6.42. The van der Waals surface area contributed by atoms with E-state index in [0.717, 1.165) is 61.8 Å². The van der Waals surface area contributed by atoms with Crippen molar-refractivity contribution in [3.05, 3.63) is 114 Å². The minimum atomic E-state index is -4.50. The lowest BCUT2D eigenvalue weighted by atomic mass is 9.95. The maximum Gasteiger partial charge on any atom is 0.416 e. The number of rotatable bonds is 2. The molecule has 5 aromatic carbocycles. The Morgan fingerprint density at radius 3 is 1.91 bits per heavy atom. The number of carbonyl (C=O) groups excluding carboxylic acids is 2. The van der Waals surface area contributed by atoms with Crippen LogP contribution in [0.4, 0.5) is 18.9 Å². The Morgan fingerprint density at radius 1 is 0.571 bits per heavy atom. The van der Waals surface area contributed by atoms with E-state index in [2.05, 4.69) is 30.3 Å². The predicted octanol–water partition coefficient (Wildman–Crippen LogP) is 7.48. The Hall–Kier alpha value is -4.45. The quantitative estimate of drug-likeness (QED) is 0.199. The van der Waals surface area contributed by atoms with Gasteiger partial charge in [0.25, 0.3) is 11.8 Å². The Kier molecular flexibility index (Phi) is 4.54. The molecule has 0 aliphatic carbocycles. The SMILES string of the molecule is O=C1c2ccc(-c3ccc4ccc5ccccc5c4c3)cc2C(=O)N1c1ccc(C(F)(F)F)cc1. The van der Waals surface area contributed by atoms with Crippen molar-refractivity contribution in [1.29, 1.82) is 0 Å². The molecule has 0 aromatic heterocycles. The van der Waals surface area contributed by atoms with E-state index in [1.54, 1.807) is 18.2 Å². The van der Waals surface area contributed by atoms with Gasteiger partial charge in [-0.25, -0.2) is 4.90 Å². The topological polar surface area (TPSA) is 37.4 Å². The number of imide groups is 1. The van der Waals surface area contributed by atoms with E-state index in [-0.39, 0.29) is 16.8 Å². The molecule has 0 saturated heterocycles. The maximum absolute atomic E-state index is 13.1. The molecule has 170 valence electrons. The number of anilines is 1. The summed E-state index contributed by atoms with van der Waals surface area (Å²) >= 11 is 0. The summed E-state index contributed by atoms with van der Waals surface area (Å²) in [6.07, 6.45) is -4.50. The number of hydrogen-bond donors (Lipinski definition) is 0. The minimum absolute atomic E-state index is 0.0999. The monoisotopic (exact) mass is 467 g/mol. The van der Waals surface area contributed by atoms with Gasteiger partial charge < -0.3 is 0 Å². The first-order valence-electron chi connectivity index (χ1n) is 10.9. The van der Waals surface area contributed by atoms with E-state index in [9.17, 15) is 22.8 Å². The molecule has 2 amide bonds. The second kappa shape index (κ2) is 7.53. The molecule has 0 saturated carbocycles. The first-order chi connectivity index (χ1) is 16.8. The highest BCUT2D eigenvalue weighted by Crippen LogP contribution is 2.36. The second-order valence-corrected chi connectivity index (χ2v) is 8.47. The van der Waals surface area contributed by atoms with Crippen molar-refractivity contribution in [3.63, 3.8) is 0 Å². The summed E-state index contributed by atoms with van der Waals surface area (Å²) in [5.41, 5.74) is 1.38. The fraction of sp³-hybridized carbons (Fsp3) is 0.0345. The van der Waals surface area contributed by atoms with E-state index in [4.69, 9.17) is 0 Å². The summed E-state index contributed by atoms with van der Waals surface area (Å²) in [6.45, 7) is 0. The van der Waals surface area contributed by atoms with Crippen LogP contribution in [0.2, 0.25) is 0 Å². The third-order valence-corrected chi connectivity index (χ3v) is 6.42. The number of alkyl halides is 3. The van der Waals surface area contributed by atoms with E-state index in [0.29, 0.717) is 0 Å². The van der Waals surface area contributed by atoms with Crippen molar-refractivity contribution in [2.45, 2.75) is 6.18 Å². The van der Waals surface area contributed by atoms with Gasteiger partial charge in [0.2, 0.25) is 0 Å². The van der Waals surface area contributed by atoms with Crippen LogP contribution in [0.25, 0.3) is 32.7 Å². The normalized spacial score (nSPS) is 13.6. The van der Waals surface area contributed by atoms with Gasteiger partial charge >= 0.3 is 6.18 Å². The molecule has 6 rings (SSSR count). The molecule has 0 N–H and O–H groups in total. The molecule has 0 bridgehead atoms. The highest BCUT2D eigenvalue weighted by molar-refractivity contribution is 6.34. The second-order valence-electron chi connectivity index (χ2n) is 8.47. The molecular weight excluding hydrogens is 451 g/mol. The molecule has 5 aromatic rings. The molecule has 6 heteroatoms. The Balaban J connectivity index is 1.40. The van der Waals surface area contributed by atoms with Crippen molar-refractivity contribution < 1.29 is 22.8 Å². The fourth-order valence-corrected chi connectivity index (χ4v) is 4.64. The number of hydrogen-bond acceptors (Lipinski definition) is 2. The lowest BCUT2D eigenvalue weighted by molar-refractivity contribution is -0.137. The molecule has 0 unspecified atom stereocenters. The van der Waals surface area contributed by atoms with Crippen LogP contribution in [-0.2, 0) is 6.18 Å². The predicted molar refractivity (Wildman–Crippen MR) is 129 cm³/mol. The zero-order chi connectivity index (χ0) is 24.3. The molecule has 1 aliphatic rings. The van der Waals surface area contributed by atoms with Crippen LogP contribution in [0.15, 0.2) is 97.1 Å². The van der Waals surface area contributed by atoms with Gasteiger partial charge in [-0.2, -0.15) is 13.2 Å². The van der Waals surface area contributed by atoms with Crippen LogP contribution in [0.1, 0.15) is 26.3 Å². The molecule has 1 aliphatic heterocycles. The standard InChI is InChI=1S/C29H16F3NO2/c30-29(31,32)21-10-12-22(13-11-21)33-27(34)24-14-9-20(16-26(24)28(33)35)19-8-7-18-6-5-17-3-1-2-4-23(17)25(18)15-19/h1-16H. The van der Waals surface area contributed by atoms with Gasteiger partial charge in [-0.05, 0) is 75.1 Å². The number of fused-ring (bicyclic) bond motifs is 4. The van der Waals surface area contributed by atoms with Crippen LogP contribution in [0.5, 0.6) is 0 Å². The number of benzene rings is 5. The van der Waals surface area contributed by atoms with Gasteiger partial charge in [0.1, 0.15) is 0 Å². The Labute approximate surface area is 198 Å². The lowest BCUT2D eigenvalue weighted by Crippen LogP contribution is -2.29. The summed E-state index contributed by atoms with van der Waals surface area (Å²) in [4.78, 5) is 27.0. The van der Waals surface area contributed by atoms with Crippen molar-refractivity contribution in [1.82, 2.24) is 0 Å². The lowest BCUT2D eigenvalue weighted by Gasteiger charge is -2.15. The van der Waals surface area contributed by atoms with Crippen LogP contribution < -0.4 is 4.90 Å². The zero-order valence-corrected chi connectivity index (χ0v) is 18.1. The van der Waals surface area contributed by atoms with Crippen molar-refractivity contribution >= 4 is 39.0 Å². The summed E-state index contributed by atoms with van der Waals surface area (Å²) in [7, 11) is 0. The van der Waals surface area contributed by atoms with Gasteiger partial charge in [0, 0.05) is 0 Å². The molecule has 0 spiro atoms. The van der Waals surface area contributed by atoms with Gasteiger partial charge in [0.05, 0.1) is 22.4 Å².